The zero-order valence-electron chi connectivity index (χ0n) is 18.7. The van der Waals surface area contributed by atoms with Crippen LogP contribution in [0.3, 0.4) is 0 Å². The quantitative estimate of drug-likeness (QED) is 0.679. The standard InChI is InChI=1S/C23H31N3O5/c1-15-13-25(2)23(28)18-7-5-6-16(12-24)21(18)30-11-10-17-8-9-19(29-4)20(31-17)14-26(3)22(15)27/h5-7,15,17,19-20H,8-11,13-14H2,1-4H3/t15-,17-,19-,20-/m1/s1. The molecule has 0 saturated carbocycles. The number of amides is 2. The molecule has 1 fully saturated rings. The van der Waals surface area contributed by atoms with E-state index in [9.17, 15) is 14.9 Å². The SMILES string of the molecule is CO[C@@H]1CC[C@@H]2CCOc3c(C#N)cccc3C(=O)N(C)C[C@@H](C)C(=O)N(C)C[C@H]1O2. The van der Waals surface area contributed by atoms with Crippen LogP contribution in [-0.2, 0) is 14.3 Å². The van der Waals surface area contributed by atoms with Gasteiger partial charge in [0.1, 0.15) is 17.9 Å². The molecule has 1 aromatic carbocycles. The molecule has 8 nitrogen and oxygen atoms in total. The van der Waals surface area contributed by atoms with Crippen molar-refractivity contribution < 1.29 is 23.8 Å². The highest BCUT2D eigenvalue weighted by molar-refractivity contribution is 5.97. The lowest BCUT2D eigenvalue weighted by molar-refractivity contribution is -0.152. The van der Waals surface area contributed by atoms with Crippen molar-refractivity contribution in [2.75, 3.05) is 40.9 Å². The zero-order chi connectivity index (χ0) is 22.5. The van der Waals surface area contributed by atoms with Crippen LogP contribution in [0.1, 0.15) is 42.1 Å². The van der Waals surface area contributed by atoms with Crippen LogP contribution in [0, 0.1) is 17.2 Å². The van der Waals surface area contributed by atoms with Crippen LogP contribution in [0.25, 0.3) is 0 Å². The van der Waals surface area contributed by atoms with Gasteiger partial charge in [-0.05, 0) is 25.0 Å². The predicted molar refractivity (Wildman–Crippen MR) is 114 cm³/mol. The zero-order valence-corrected chi connectivity index (χ0v) is 18.7. The maximum atomic E-state index is 13.1. The molecular formula is C23H31N3O5. The lowest BCUT2D eigenvalue weighted by Crippen LogP contribution is -2.49. The second-order valence-electron chi connectivity index (χ2n) is 8.38. The van der Waals surface area contributed by atoms with Crippen LogP contribution in [0.4, 0.5) is 0 Å². The summed E-state index contributed by atoms with van der Waals surface area (Å²) in [6.07, 6.45) is 1.93. The maximum Gasteiger partial charge on any atom is 0.257 e. The minimum Gasteiger partial charge on any atom is -0.491 e. The monoisotopic (exact) mass is 429 g/mol. The molecule has 168 valence electrons. The van der Waals surface area contributed by atoms with E-state index in [0.29, 0.717) is 30.7 Å². The molecule has 31 heavy (non-hydrogen) atoms. The molecule has 8 heteroatoms. The Kier molecular flexibility index (Phi) is 7.52. The number of hydrogen-bond acceptors (Lipinski definition) is 6. The number of nitrogens with zero attached hydrogens (tertiary/aromatic N) is 3. The summed E-state index contributed by atoms with van der Waals surface area (Å²) in [4.78, 5) is 29.2. The Labute approximate surface area is 183 Å². The number of rotatable bonds is 1. The first kappa shape index (κ1) is 23.0. The van der Waals surface area contributed by atoms with E-state index in [4.69, 9.17) is 14.2 Å². The third kappa shape index (κ3) is 5.17. The summed E-state index contributed by atoms with van der Waals surface area (Å²) in [5.74, 6) is -0.445. The van der Waals surface area contributed by atoms with Crippen LogP contribution in [-0.4, -0.2) is 80.8 Å². The first-order valence-corrected chi connectivity index (χ1v) is 10.7. The van der Waals surface area contributed by atoms with E-state index < -0.39 is 5.92 Å². The Hall–Kier alpha value is -2.63. The van der Waals surface area contributed by atoms with E-state index in [1.165, 1.54) is 4.90 Å². The van der Waals surface area contributed by atoms with E-state index >= 15 is 0 Å². The highest BCUT2D eigenvalue weighted by atomic mass is 16.5. The van der Waals surface area contributed by atoms with Crippen molar-refractivity contribution in [2.24, 2.45) is 5.92 Å². The normalized spacial score (nSPS) is 28.1. The largest absolute Gasteiger partial charge is 0.491 e. The molecular weight excluding hydrogens is 398 g/mol. The Balaban J connectivity index is 1.92. The Morgan fingerprint density at radius 1 is 1.13 bits per heavy atom. The van der Waals surface area contributed by atoms with Crippen LogP contribution in [0.2, 0.25) is 0 Å². The fourth-order valence-corrected chi connectivity index (χ4v) is 4.34. The number of likely N-dealkylation sites (N-methyl/N-ethyl adjacent to an activating group) is 1. The van der Waals surface area contributed by atoms with Gasteiger partial charge >= 0.3 is 0 Å². The second-order valence-corrected chi connectivity index (χ2v) is 8.38. The summed E-state index contributed by atoms with van der Waals surface area (Å²) >= 11 is 0. The van der Waals surface area contributed by atoms with Gasteiger partial charge < -0.3 is 24.0 Å². The van der Waals surface area contributed by atoms with E-state index in [1.807, 2.05) is 6.92 Å². The van der Waals surface area contributed by atoms with Crippen molar-refractivity contribution in [3.05, 3.63) is 29.3 Å². The van der Waals surface area contributed by atoms with Crippen molar-refractivity contribution in [2.45, 2.75) is 44.5 Å². The van der Waals surface area contributed by atoms with Gasteiger partial charge in [0.15, 0.2) is 0 Å². The third-order valence-corrected chi connectivity index (χ3v) is 6.06. The molecule has 1 saturated heterocycles. The molecule has 0 spiro atoms. The number of benzene rings is 1. The predicted octanol–water partition coefficient (Wildman–Crippen LogP) is 2.07. The van der Waals surface area contributed by atoms with Gasteiger partial charge in [-0.1, -0.05) is 13.0 Å². The average molecular weight is 430 g/mol. The van der Waals surface area contributed by atoms with Crippen LogP contribution < -0.4 is 4.74 Å². The summed E-state index contributed by atoms with van der Waals surface area (Å²) in [6.45, 7) is 2.81. The molecule has 0 unspecified atom stereocenters. The summed E-state index contributed by atoms with van der Waals surface area (Å²) in [5.41, 5.74) is 0.639. The molecule has 2 aliphatic rings. The molecule has 4 atom stereocenters. The number of fused-ring (bicyclic) bond motifs is 3. The van der Waals surface area contributed by atoms with Gasteiger partial charge in [0, 0.05) is 40.7 Å². The molecule has 2 heterocycles. The van der Waals surface area contributed by atoms with E-state index in [2.05, 4.69) is 6.07 Å². The van der Waals surface area contributed by atoms with Crippen LogP contribution >= 0.6 is 0 Å². The molecule has 2 aliphatic heterocycles. The van der Waals surface area contributed by atoms with Gasteiger partial charge in [-0.2, -0.15) is 5.26 Å². The number of methoxy groups -OCH3 is 1. The summed E-state index contributed by atoms with van der Waals surface area (Å²) in [5, 5.41) is 9.51. The van der Waals surface area contributed by atoms with E-state index in [-0.39, 0.29) is 42.4 Å². The minimum absolute atomic E-state index is 0.0430. The summed E-state index contributed by atoms with van der Waals surface area (Å²) < 4.78 is 17.8. The Morgan fingerprint density at radius 2 is 1.90 bits per heavy atom. The molecule has 0 N–H and O–H groups in total. The van der Waals surface area contributed by atoms with Crippen LogP contribution in [0.5, 0.6) is 5.75 Å². The maximum absolute atomic E-state index is 13.1. The molecule has 1 aromatic rings. The highest BCUT2D eigenvalue weighted by Gasteiger charge is 2.34. The van der Waals surface area contributed by atoms with Gasteiger partial charge in [0.2, 0.25) is 5.91 Å². The van der Waals surface area contributed by atoms with Crippen LogP contribution in [0.15, 0.2) is 18.2 Å². The summed E-state index contributed by atoms with van der Waals surface area (Å²) in [6, 6.07) is 7.07. The molecule has 3 rings (SSSR count). The molecule has 0 aliphatic carbocycles. The van der Waals surface area contributed by atoms with Crippen molar-refractivity contribution in [3.8, 4) is 11.8 Å². The Morgan fingerprint density at radius 3 is 2.61 bits per heavy atom. The van der Waals surface area contributed by atoms with Gasteiger partial charge in [-0.3, -0.25) is 9.59 Å². The van der Waals surface area contributed by atoms with Gasteiger partial charge in [0.05, 0.1) is 35.9 Å². The number of carbonyl (C=O) groups excluding carboxylic acids is 2. The number of para-hydroxylation sites is 1. The Bertz CT molecular complexity index is 852. The fraction of sp³-hybridized carbons (Fsp3) is 0.609. The smallest absolute Gasteiger partial charge is 0.257 e. The number of carbonyl (C=O) groups is 2. The lowest BCUT2D eigenvalue weighted by Gasteiger charge is -2.38. The third-order valence-electron chi connectivity index (χ3n) is 6.06. The first-order valence-electron chi connectivity index (χ1n) is 10.7. The minimum atomic E-state index is -0.395. The van der Waals surface area contributed by atoms with Crippen molar-refractivity contribution in [1.29, 1.82) is 5.26 Å². The van der Waals surface area contributed by atoms with Crippen molar-refractivity contribution in [3.63, 3.8) is 0 Å². The van der Waals surface area contributed by atoms with Gasteiger partial charge in [0.25, 0.3) is 5.91 Å². The van der Waals surface area contributed by atoms with Gasteiger partial charge in [-0.15, -0.1) is 0 Å². The summed E-state index contributed by atoms with van der Waals surface area (Å²) in [7, 11) is 5.08. The van der Waals surface area contributed by atoms with Crippen molar-refractivity contribution >= 4 is 11.8 Å². The average Bonchev–Trinajstić information content (AvgIpc) is 2.77. The fourth-order valence-electron chi connectivity index (χ4n) is 4.34. The molecule has 2 bridgehead atoms. The molecule has 0 radical (unpaired) electrons. The molecule has 0 aromatic heterocycles. The van der Waals surface area contributed by atoms with Crippen molar-refractivity contribution in [1.82, 2.24) is 9.80 Å². The van der Waals surface area contributed by atoms with E-state index in [1.54, 1.807) is 44.3 Å². The molecule has 2 amide bonds. The highest BCUT2D eigenvalue weighted by Crippen LogP contribution is 2.28. The number of nitriles is 1. The van der Waals surface area contributed by atoms with E-state index in [0.717, 1.165) is 12.8 Å². The number of hydrogen-bond donors (Lipinski definition) is 0. The first-order chi connectivity index (χ1) is 14.8. The second kappa shape index (κ2) is 10.1. The topological polar surface area (TPSA) is 92.1 Å². The van der Waals surface area contributed by atoms with Gasteiger partial charge in [-0.25, -0.2) is 0 Å². The lowest BCUT2D eigenvalue weighted by atomic mass is 9.98. The number of ether oxygens (including phenoxy) is 3.